The number of nitrogens with one attached hydrogen (secondary N) is 1. The lowest BCUT2D eigenvalue weighted by molar-refractivity contribution is -0.116. The van der Waals surface area contributed by atoms with E-state index in [1.54, 1.807) is 5.38 Å². The Kier molecular flexibility index (Phi) is 7.94. The van der Waals surface area contributed by atoms with Gasteiger partial charge >= 0.3 is 5.97 Å². The van der Waals surface area contributed by atoms with Gasteiger partial charge in [0.2, 0.25) is 5.91 Å². The molecule has 0 fully saturated rings. The van der Waals surface area contributed by atoms with E-state index in [9.17, 15) is 14.4 Å². The monoisotopic (exact) mass is 441 g/mol. The number of nitrogens with zero attached hydrogens (tertiary/aromatic N) is 2. The van der Waals surface area contributed by atoms with Gasteiger partial charge in [0.05, 0.1) is 23.9 Å². The van der Waals surface area contributed by atoms with E-state index < -0.39 is 11.5 Å². The van der Waals surface area contributed by atoms with Crippen molar-refractivity contribution in [1.82, 2.24) is 9.55 Å². The Morgan fingerprint density at radius 3 is 2.58 bits per heavy atom. The molecule has 1 aromatic carbocycles. The van der Waals surface area contributed by atoms with Crippen molar-refractivity contribution in [2.75, 3.05) is 11.9 Å². The molecule has 0 aliphatic heterocycles. The summed E-state index contributed by atoms with van der Waals surface area (Å²) in [5, 5.41) is 4.58. The summed E-state index contributed by atoms with van der Waals surface area (Å²) in [6.45, 7) is 4.26. The van der Waals surface area contributed by atoms with Gasteiger partial charge in [-0.25, -0.2) is 9.78 Å². The first-order valence-corrected chi connectivity index (χ1v) is 11.4. The van der Waals surface area contributed by atoms with Gasteiger partial charge in [-0.3, -0.25) is 14.2 Å². The molecule has 7 nitrogen and oxygen atoms in total. The number of ether oxygens (including phenoxy) is 1. The van der Waals surface area contributed by atoms with Crippen molar-refractivity contribution in [1.29, 1.82) is 0 Å². The van der Waals surface area contributed by atoms with Crippen LogP contribution in [-0.4, -0.2) is 28.0 Å². The number of hydrogen-bond donors (Lipinski definition) is 1. The lowest BCUT2D eigenvalue weighted by Crippen LogP contribution is -2.28. The highest BCUT2D eigenvalue weighted by Crippen LogP contribution is 2.21. The number of carbonyl (C=O) groups excluding carboxylic acids is 2. The Morgan fingerprint density at radius 1 is 1.13 bits per heavy atom. The van der Waals surface area contributed by atoms with Gasteiger partial charge in [0.1, 0.15) is 11.4 Å². The highest BCUT2D eigenvalue weighted by Gasteiger charge is 2.19. The average Bonchev–Trinajstić information content (AvgIpc) is 3.20. The number of amides is 1. The van der Waals surface area contributed by atoms with Gasteiger partial charge in [-0.2, -0.15) is 0 Å². The summed E-state index contributed by atoms with van der Waals surface area (Å²) in [4.78, 5) is 42.4. The van der Waals surface area contributed by atoms with E-state index in [-0.39, 0.29) is 23.4 Å². The maximum Gasteiger partial charge on any atom is 0.339 e. The van der Waals surface area contributed by atoms with Gasteiger partial charge < -0.3 is 10.1 Å². The third kappa shape index (κ3) is 5.79. The van der Waals surface area contributed by atoms with Crippen LogP contribution in [-0.2, 0) is 22.5 Å². The molecule has 0 unspecified atom stereocenters. The van der Waals surface area contributed by atoms with Gasteiger partial charge in [0, 0.05) is 11.1 Å². The van der Waals surface area contributed by atoms with Crippen molar-refractivity contribution < 1.29 is 14.3 Å². The molecule has 3 rings (SSSR count). The largest absolute Gasteiger partial charge is 0.462 e. The minimum Gasteiger partial charge on any atom is -0.462 e. The first kappa shape index (κ1) is 22.7. The third-order valence-corrected chi connectivity index (χ3v) is 5.77. The molecule has 31 heavy (non-hydrogen) atoms. The Hall–Kier alpha value is -3.00. The molecule has 2 aromatic heterocycles. The van der Waals surface area contributed by atoms with E-state index in [2.05, 4.69) is 17.2 Å². The molecule has 0 aliphatic carbocycles. The number of benzene rings is 1. The normalized spacial score (nSPS) is 10.9. The van der Waals surface area contributed by atoms with Gasteiger partial charge in [-0.05, 0) is 37.0 Å². The molecule has 0 bridgehead atoms. The molecule has 3 aromatic rings. The summed E-state index contributed by atoms with van der Waals surface area (Å²) in [7, 11) is 0. The molecule has 8 heteroatoms. The Balaban J connectivity index is 1.71. The number of aromatic nitrogens is 2. The predicted octanol–water partition coefficient (Wildman–Crippen LogP) is 4.40. The zero-order valence-electron chi connectivity index (χ0n) is 17.8. The zero-order chi connectivity index (χ0) is 22.2. The van der Waals surface area contributed by atoms with Crippen LogP contribution < -0.4 is 10.9 Å². The fourth-order valence-corrected chi connectivity index (χ4v) is 3.97. The summed E-state index contributed by atoms with van der Waals surface area (Å²) >= 11 is 1.21. The van der Waals surface area contributed by atoms with Crippen LogP contribution in [0.1, 0.15) is 55.5 Å². The first-order chi connectivity index (χ1) is 15.0. The fraction of sp³-hybridized carbons (Fsp3) is 0.391. The van der Waals surface area contributed by atoms with Gasteiger partial charge in [-0.15, -0.1) is 11.3 Å². The molecule has 164 valence electrons. The highest BCUT2D eigenvalue weighted by molar-refractivity contribution is 7.17. The van der Waals surface area contributed by atoms with Crippen LogP contribution in [0.5, 0.6) is 0 Å². The van der Waals surface area contributed by atoms with E-state index in [1.165, 1.54) is 27.8 Å². The fourth-order valence-electron chi connectivity index (χ4n) is 3.11. The number of hydrogen-bond acceptors (Lipinski definition) is 6. The number of unbranched alkanes of at least 4 members (excludes halogenated alkanes) is 2. The van der Waals surface area contributed by atoms with Crippen LogP contribution in [0.4, 0.5) is 5.69 Å². The Morgan fingerprint density at radius 2 is 1.87 bits per heavy atom. The number of anilines is 1. The van der Waals surface area contributed by atoms with Crippen LogP contribution in [0.15, 0.2) is 40.8 Å². The van der Waals surface area contributed by atoms with Crippen molar-refractivity contribution in [3.63, 3.8) is 0 Å². The van der Waals surface area contributed by atoms with Crippen LogP contribution in [0.25, 0.3) is 10.2 Å². The minimum atomic E-state index is -0.538. The van der Waals surface area contributed by atoms with Gasteiger partial charge in [0.25, 0.3) is 5.56 Å². The molecule has 0 saturated carbocycles. The molecular weight excluding hydrogens is 414 g/mol. The number of esters is 1. The Labute approximate surface area is 185 Å². The summed E-state index contributed by atoms with van der Waals surface area (Å²) in [5.74, 6) is -0.879. The van der Waals surface area contributed by atoms with Crippen LogP contribution in [0.2, 0.25) is 0 Å². The second kappa shape index (κ2) is 10.9. The van der Waals surface area contributed by atoms with Crippen LogP contribution in [0.3, 0.4) is 0 Å². The van der Waals surface area contributed by atoms with E-state index in [0.29, 0.717) is 17.1 Å². The molecule has 1 amide bonds. The van der Waals surface area contributed by atoms with Crippen molar-refractivity contribution >= 4 is 39.1 Å². The van der Waals surface area contributed by atoms with E-state index >= 15 is 0 Å². The average molecular weight is 442 g/mol. The third-order valence-electron chi connectivity index (χ3n) is 4.88. The quantitative estimate of drug-likeness (QED) is 0.372. The number of carbonyl (C=O) groups is 2. The minimum absolute atomic E-state index is 0.195. The summed E-state index contributed by atoms with van der Waals surface area (Å²) in [6.07, 6.45) is 6.27. The lowest BCUT2D eigenvalue weighted by Gasteiger charge is -2.09. The summed E-state index contributed by atoms with van der Waals surface area (Å²) in [5.41, 5.74) is 1.66. The van der Waals surface area contributed by atoms with Crippen molar-refractivity contribution in [2.24, 2.45) is 0 Å². The van der Waals surface area contributed by atoms with E-state index in [4.69, 9.17) is 4.74 Å². The highest BCUT2D eigenvalue weighted by atomic mass is 32.1. The molecule has 0 spiro atoms. The molecule has 1 N–H and O–H groups in total. The van der Waals surface area contributed by atoms with Crippen molar-refractivity contribution in [3.8, 4) is 0 Å². The molecule has 0 aliphatic rings. The second-order valence-electron chi connectivity index (χ2n) is 7.35. The smallest absolute Gasteiger partial charge is 0.339 e. The maximum absolute atomic E-state index is 12.9. The first-order valence-electron chi connectivity index (χ1n) is 10.6. The number of aryl methyl sites for hydroxylation is 1. The number of thiophene rings is 1. The molecule has 0 radical (unpaired) electrons. The molecule has 2 heterocycles. The molecule has 0 saturated heterocycles. The summed E-state index contributed by atoms with van der Waals surface area (Å²) in [6, 6.07) is 7.70. The standard InChI is InChI=1S/C23H27N3O4S/c1-3-5-7-16-8-10-17(11-9-16)25-19(27)13-26-15-24-21-20(22(26)28)18(14-31-21)23(29)30-12-6-4-2/h8-11,14-15H,3-7,12-13H2,1-2H3,(H,25,27). The van der Waals surface area contributed by atoms with Crippen molar-refractivity contribution in [2.45, 2.75) is 52.5 Å². The SMILES string of the molecule is CCCCOC(=O)c1csc2ncn(CC(=O)Nc3ccc(CCCC)cc3)c(=O)c12. The van der Waals surface area contributed by atoms with Crippen molar-refractivity contribution in [3.05, 3.63) is 57.5 Å². The molecule has 0 atom stereocenters. The lowest BCUT2D eigenvalue weighted by atomic mass is 10.1. The number of fused-ring (bicyclic) bond motifs is 1. The Bertz CT molecular complexity index is 1100. The summed E-state index contributed by atoms with van der Waals surface area (Å²) < 4.78 is 6.45. The zero-order valence-corrected chi connectivity index (χ0v) is 18.7. The second-order valence-corrected chi connectivity index (χ2v) is 8.20. The van der Waals surface area contributed by atoms with E-state index in [0.717, 1.165) is 32.1 Å². The van der Waals surface area contributed by atoms with Gasteiger partial charge in [-0.1, -0.05) is 38.8 Å². The van der Waals surface area contributed by atoms with Crippen LogP contribution >= 0.6 is 11.3 Å². The number of rotatable bonds is 10. The van der Waals surface area contributed by atoms with Crippen LogP contribution in [0, 0.1) is 0 Å². The van der Waals surface area contributed by atoms with E-state index in [1.807, 2.05) is 31.2 Å². The van der Waals surface area contributed by atoms with Gasteiger partial charge in [0.15, 0.2) is 0 Å². The molecular formula is C23H27N3O4S. The topological polar surface area (TPSA) is 90.3 Å². The predicted molar refractivity (Wildman–Crippen MR) is 123 cm³/mol. The maximum atomic E-state index is 12.9.